The molecule has 0 saturated carbocycles. The molecule has 0 fully saturated rings. The van der Waals surface area contributed by atoms with Crippen molar-refractivity contribution in [1.82, 2.24) is 0 Å². The van der Waals surface area contributed by atoms with E-state index in [4.69, 9.17) is 12.6 Å². The maximum Gasteiger partial charge on any atom is -0.00694 e. The molecule has 1 heteroatoms. The van der Waals surface area contributed by atoms with Crippen LogP contribution in [0.3, 0.4) is 0 Å². The van der Waals surface area contributed by atoms with Gasteiger partial charge in [-0.05, 0) is 30.4 Å². The van der Waals surface area contributed by atoms with E-state index in [0.717, 1.165) is 17.6 Å². The summed E-state index contributed by atoms with van der Waals surface area (Å²) in [6, 6.07) is 0. The Labute approximate surface area is 204 Å². The fourth-order valence-electron chi connectivity index (χ4n) is 5.13. The monoisotopic (exact) mass is 454 g/mol. The highest BCUT2D eigenvalue weighted by Crippen LogP contribution is 2.28. The maximum atomic E-state index is 4.76. The van der Waals surface area contributed by atoms with E-state index in [1.807, 2.05) is 0 Å². The maximum absolute atomic E-state index is 4.76. The van der Waals surface area contributed by atoms with Crippen molar-refractivity contribution < 1.29 is 0 Å². The normalized spacial score (nSPS) is 13.5. The van der Waals surface area contributed by atoms with E-state index >= 15 is 0 Å². The molecule has 0 spiro atoms. The lowest BCUT2D eigenvalue weighted by Crippen LogP contribution is -2.11. The minimum Gasteiger partial charge on any atom is -0.179 e. The van der Waals surface area contributed by atoms with Crippen molar-refractivity contribution >= 4 is 12.6 Å². The molecule has 0 bridgehead atoms. The van der Waals surface area contributed by atoms with Gasteiger partial charge >= 0.3 is 0 Å². The van der Waals surface area contributed by atoms with Gasteiger partial charge in [0.15, 0.2) is 0 Å². The van der Waals surface area contributed by atoms with Crippen LogP contribution >= 0.6 is 12.6 Å². The van der Waals surface area contributed by atoms with E-state index in [-0.39, 0.29) is 0 Å². The number of thiol groups is 1. The first-order valence-corrected chi connectivity index (χ1v) is 15.5. The van der Waals surface area contributed by atoms with Crippen molar-refractivity contribution in [2.75, 3.05) is 5.75 Å². The van der Waals surface area contributed by atoms with Crippen molar-refractivity contribution in [3.8, 4) is 0 Å². The molecule has 0 aliphatic heterocycles. The first kappa shape index (κ1) is 31.4. The SMILES string of the molecule is CCCCCCCCCCC(CCCCCCCC)CC(CS)CCCCCCCC. The van der Waals surface area contributed by atoms with Gasteiger partial charge in [-0.2, -0.15) is 12.6 Å². The Morgan fingerprint density at radius 1 is 0.387 bits per heavy atom. The van der Waals surface area contributed by atoms with Crippen LogP contribution < -0.4 is 0 Å². The summed E-state index contributed by atoms with van der Waals surface area (Å²) in [6.45, 7) is 6.95. The van der Waals surface area contributed by atoms with Crippen molar-refractivity contribution in [1.29, 1.82) is 0 Å². The smallest absolute Gasteiger partial charge is 0.00694 e. The second-order valence-electron chi connectivity index (χ2n) is 10.5. The molecular formula is C30H62S. The quantitative estimate of drug-likeness (QED) is 0.0974. The summed E-state index contributed by atoms with van der Waals surface area (Å²) in [4.78, 5) is 0. The molecule has 2 unspecified atom stereocenters. The lowest BCUT2D eigenvalue weighted by Gasteiger charge is -2.23. The Kier molecular flexibility index (Phi) is 26.9. The molecule has 0 radical (unpaired) electrons. The highest BCUT2D eigenvalue weighted by molar-refractivity contribution is 7.80. The van der Waals surface area contributed by atoms with Gasteiger partial charge in [0.05, 0.1) is 0 Å². The molecule has 0 aliphatic rings. The summed E-state index contributed by atoms with van der Waals surface area (Å²) < 4.78 is 0. The van der Waals surface area contributed by atoms with E-state index < -0.39 is 0 Å². The van der Waals surface area contributed by atoms with Crippen molar-refractivity contribution in [2.24, 2.45) is 11.8 Å². The Bertz CT molecular complexity index is 314. The molecule has 0 amide bonds. The average Bonchev–Trinajstić information content (AvgIpc) is 2.78. The molecule has 0 N–H and O–H groups in total. The molecular weight excluding hydrogens is 392 g/mol. The fraction of sp³-hybridized carbons (Fsp3) is 1.00. The summed E-state index contributed by atoms with van der Waals surface area (Å²) in [5.41, 5.74) is 0. The second-order valence-corrected chi connectivity index (χ2v) is 10.9. The van der Waals surface area contributed by atoms with Crippen molar-refractivity contribution in [3.63, 3.8) is 0 Å². The van der Waals surface area contributed by atoms with E-state index in [0.29, 0.717) is 0 Å². The predicted octanol–water partition coefficient (Wildman–Crippen LogP) is 11.6. The van der Waals surface area contributed by atoms with E-state index in [1.54, 1.807) is 0 Å². The zero-order valence-electron chi connectivity index (χ0n) is 22.3. The van der Waals surface area contributed by atoms with Gasteiger partial charge in [0.1, 0.15) is 0 Å². The van der Waals surface area contributed by atoms with Crippen molar-refractivity contribution in [2.45, 2.75) is 175 Å². The highest BCUT2D eigenvalue weighted by Gasteiger charge is 2.15. The van der Waals surface area contributed by atoms with Crippen LogP contribution in [0.25, 0.3) is 0 Å². The van der Waals surface area contributed by atoms with E-state index in [2.05, 4.69) is 20.8 Å². The van der Waals surface area contributed by atoms with Crippen LogP contribution in [0.5, 0.6) is 0 Å². The molecule has 2 atom stereocenters. The summed E-state index contributed by atoms with van der Waals surface area (Å²) in [7, 11) is 0. The third-order valence-corrected chi connectivity index (χ3v) is 7.84. The Hall–Kier alpha value is 0.350. The van der Waals surface area contributed by atoms with Crippen LogP contribution in [0.2, 0.25) is 0 Å². The average molecular weight is 455 g/mol. The van der Waals surface area contributed by atoms with Gasteiger partial charge in [-0.25, -0.2) is 0 Å². The third-order valence-electron chi connectivity index (χ3n) is 7.32. The minimum absolute atomic E-state index is 0.869. The summed E-state index contributed by atoms with van der Waals surface area (Å²) in [5.74, 6) is 2.96. The molecule has 0 aromatic carbocycles. The molecule has 0 aromatic heterocycles. The van der Waals surface area contributed by atoms with Crippen molar-refractivity contribution in [3.05, 3.63) is 0 Å². The Morgan fingerprint density at radius 2 is 0.677 bits per heavy atom. The van der Waals surface area contributed by atoms with Crippen LogP contribution in [0.4, 0.5) is 0 Å². The van der Waals surface area contributed by atoms with Gasteiger partial charge in [0, 0.05) is 0 Å². The number of hydrogen-bond acceptors (Lipinski definition) is 1. The first-order chi connectivity index (χ1) is 15.3. The van der Waals surface area contributed by atoms with Gasteiger partial charge in [0.2, 0.25) is 0 Å². The number of unbranched alkanes of at least 4 members (excludes halogenated alkanes) is 17. The van der Waals surface area contributed by atoms with Gasteiger partial charge in [0.25, 0.3) is 0 Å². The predicted molar refractivity (Wildman–Crippen MR) is 149 cm³/mol. The molecule has 0 aromatic rings. The number of hydrogen-bond donors (Lipinski definition) is 1. The second kappa shape index (κ2) is 26.6. The minimum atomic E-state index is 0.869. The molecule has 0 nitrogen and oxygen atoms in total. The molecule has 31 heavy (non-hydrogen) atoms. The summed E-state index contributed by atoms with van der Waals surface area (Å²) in [5, 5.41) is 0. The van der Waals surface area contributed by atoms with Crippen LogP contribution in [-0.2, 0) is 0 Å². The zero-order chi connectivity index (χ0) is 22.8. The molecule has 0 aliphatic carbocycles. The van der Waals surface area contributed by atoms with Crippen LogP contribution in [0.1, 0.15) is 175 Å². The van der Waals surface area contributed by atoms with Gasteiger partial charge in [-0.3, -0.25) is 0 Å². The largest absolute Gasteiger partial charge is 0.179 e. The topological polar surface area (TPSA) is 0 Å². The van der Waals surface area contributed by atoms with E-state index in [1.165, 1.54) is 154 Å². The Morgan fingerprint density at radius 3 is 1.00 bits per heavy atom. The third kappa shape index (κ3) is 23.3. The number of rotatable bonds is 26. The molecule has 0 rings (SSSR count). The van der Waals surface area contributed by atoms with Gasteiger partial charge in [-0.15, -0.1) is 0 Å². The van der Waals surface area contributed by atoms with E-state index in [9.17, 15) is 0 Å². The fourth-order valence-corrected chi connectivity index (χ4v) is 5.46. The molecule has 0 heterocycles. The molecule has 0 saturated heterocycles. The lowest BCUT2D eigenvalue weighted by atomic mass is 9.84. The highest BCUT2D eigenvalue weighted by atomic mass is 32.1. The standard InChI is InChI=1S/C30H62S/c1-4-7-10-13-16-17-20-22-25-29(24-21-18-14-11-8-5-2)27-30(28-31)26-23-19-15-12-9-6-3/h29-31H,4-28H2,1-3H3. The zero-order valence-corrected chi connectivity index (χ0v) is 23.2. The summed E-state index contributed by atoms with van der Waals surface area (Å²) >= 11 is 4.76. The first-order valence-electron chi connectivity index (χ1n) is 14.9. The van der Waals surface area contributed by atoms with Crippen LogP contribution in [0.15, 0.2) is 0 Å². The summed E-state index contributed by atoms with van der Waals surface area (Å²) in [6.07, 6.45) is 34.7. The lowest BCUT2D eigenvalue weighted by molar-refractivity contribution is 0.316. The van der Waals surface area contributed by atoms with Gasteiger partial charge in [-0.1, -0.05) is 162 Å². The van der Waals surface area contributed by atoms with Crippen LogP contribution in [-0.4, -0.2) is 5.75 Å². The Balaban J connectivity index is 4.14. The van der Waals surface area contributed by atoms with Gasteiger partial charge < -0.3 is 0 Å². The molecule has 188 valence electrons. The van der Waals surface area contributed by atoms with Crippen LogP contribution in [0, 0.1) is 11.8 Å².